The second kappa shape index (κ2) is 7.36. The van der Waals surface area contributed by atoms with Crippen molar-refractivity contribution < 1.29 is 0 Å². The van der Waals surface area contributed by atoms with Crippen molar-refractivity contribution in [2.75, 3.05) is 23.3 Å². The molecule has 0 spiro atoms. The molecule has 4 rings (SSSR count). The van der Waals surface area contributed by atoms with Crippen LogP contribution < -0.4 is 10.2 Å². The van der Waals surface area contributed by atoms with Crippen LogP contribution in [-0.2, 0) is 6.54 Å². The summed E-state index contributed by atoms with van der Waals surface area (Å²) in [5, 5.41) is 11.1. The lowest BCUT2D eigenvalue weighted by Gasteiger charge is -2.30. The minimum absolute atomic E-state index is 0.769. The van der Waals surface area contributed by atoms with Crippen LogP contribution in [-0.4, -0.2) is 18.1 Å². The standard InChI is InChI=1S/C19H21N3S2/c1-4-9-22(10-5-1)18-7-3-2-6-17(18)20-12-16-14-24-19(21-16)15-8-11-23-13-15/h2-3,6-8,11,13-14,20H,1,4-5,9-10,12H2. The Bertz CT molecular complexity index is 774. The molecule has 5 heteroatoms. The van der Waals surface area contributed by atoms with E-state index in [0.717, 1.165) is 30.3 Å². The van der Waals surface area contributed by atoms with Crippen LogP contribution in [0.1, 0.15) is 25.0 Å². The number of benzene rings is 1. The third kappa shape index (κ3) is 3.47. The molecule has 3 nitrogen and oxygen atoms in total. The average Bonchev–Trinajstić information content (AvgIpc) is 3.32. The van der Waals surface area contributed by atoms with Gasteiger partial charge >= 0.3 is 0 Å². The van der Waals surface area contributed by atoms with Gasteiger partial charge in [-0.15, -0.1) is 11.3 Å². The zero-order valence-corrected chi connectivity index (χ0v) is 15.2. The highest BCUT2D eigenvalue weighted by molar-refractivity contribution is 7.14. The Balaban J connectivity index is 1.46. The van der Waals surface area contributed by atoms with Gasteiger partial charge < -0.3 is 10.2 Å². The molecule has 3 aromatic rings. The van der Waals surface area contributed by atoms with E-state index in [1.165, 1.54) is 36.2 Å². The van der Waals surface area contributed by atoms with Crippen molar-refractivity contribution in [2.24, 2.45) is 0 Å². The Kier molecular flexibility index (Phi) is 4.81. The second-order valence-electron chi connectivity index (χ2n) is 6.07. The normalized spacial score (nSPS) is 14.8. The van der Waals surface area contributed by atoms with Crippen LogP contribution in [0.3, 0.4) is 0 Å². The predicted octanol–water partition coefficient (Wildman–Crippen LogP) is 5.47. The maximum absolute atomic E-state index is 4.76. The van der Waals surface area contributed by atoms with Gasteiger partial charge in [-0.2, -0.15) is 11.3 Å². The van der Waals surface area contributed by atoms with Crippen molar-refractivity contribution in [1.29, 1.82) is 0 Å². The van der Waals surface area contributed by atoms with E-state index < -0.39 is 0 Å². The molecule has 1 fully saturated rings. The summed E-state index contributed by atoms with van der Waals surface area (Å²) < 4.78 is 0. The van der Waals surface area contributed by atoms with E-state index >= 15 is 0 Å². The first-order valence-electron chi connectivity index (χ1n) is 8.45. The van der Waals surface area contributed by atoms with Crippen LogP contribution in [0.5, 0.6) is 0 Å². The zero-order chi connectivity index (χ0) is 16.2. The van der Waals surface area contributed by atoms with Gasteiger partial charge in [-0.3, -0.25) is 0 Å². The maximum Gasteiger partial charge on any atom is 0.124 e. The number of hydrogen-bond acceptors (Lipinski definition) is 5. The van der Waals surface area contributed by atoms with Crippen LogP contribution in [0.2, 0.25) is 0 Å². The molecule has 0 unspecified atom stereocenters. The third-order valence-electron chi connectivity index (χ3n) is 4.38. The van der Waals surface area contributed by atoms with Gasteiger partial charge in [0.1, 0.15) is 5.01 Å². The van der Waals surface area contributed by atoms with Crippen molar-refractivity contribution in [3.63, 3.8) is 0 Å². The highest BCUT2D eigenvalue weighted by Gasteiger charge is 2.14. The highest BCUT2D eigenvalue weighted by atomic mass is 32.1. The molecule has 0 aliphatic carbocycles. The molecule has 124 valence electrons. The Morgan fingerprint density at radius 2 is 1.92 bits per heavy atom. The number of aromatic nitrogens is 1. The molecule has 1 aliphatic rings. The summed E-state index contributed by atoms with van der Waals surface area (Å²) in [5.41, 5.74) is 4.87. The molecule has 1 N–H and O–H groups in total. The molecular weight excluding hydrogens is 334 g/mol. The Hall–Kier alpha value is -1.85. The van der Waals surface area contributed by atoms with Crippen molar-refractivity contribution in [3.05, 3.63) is 52.2 Å². The average molecular weight is 356 g/mol. The van der Waals surface area contributed by atoms with Crippen LogP contribution in [0, 0.1) is 0 Å². The van der Waals surface area contributed by atoms with Crippen LogP contribution in [0.25, 0.3) is 10.6 Å². The number of piperidine rings is 1. The molecule has 0 bridgehead atoms. The van der Waals surface area contributed by atoms with E-state index in [-0.39, 0.29) is 0 Å². The van der Waals surface area contributed by atoms with Crippen LogP contribution in [0.15, 0.2) is 46.5 Å². The van der Waals surface area contributed by atoms with Gasteiger partial charge in [-0.1, -0.05) is 12.1 Å². The molecule has 2 aromatic heterocycles. The maximum atomic E-state index is 4.76. The molecule has 0 atom stereocenters. The van der Waals surface area contributed by atoms with Crippen molar-refractivity contribution in [3.8, 4) is 10.6 Å². The van der Waals surface area contributed by atoms with Crippen molar-refractivity contribution >= 4 is 34.0 Å². The minimum Gasteiger partial charge on any atom is -0.378 e. The summed E-state index contributed by atoms with van der Waals surface area (Å²) in [7, 11) is 0. The monoisotopic (exact) mass is 355 g/mol. The first kappa shape index (κ1) is 15.7. The molecule has 0 saturated carbocycles. The molecule has 0 amide bonds. The van der Waals surface area contributed by atoms with E-state index in [4.69, 9.17) is 4.98 Å². The van der Waals surface area contributed by atoms with Gasteiger partial charge in [0.15, 0.2) is 0 Å². The number of thiophene rings is 1. The number of hydrogen-bond donors (Lipinski definition) is 1. The van der Waals surface area contributed by atoms with Gasteiger partial charge in [-0.05, 0) is 42.8 Å². The number of nitrogens with one attached hydrogen (secondary N) is 1. The zero-order valence-electron chi connectivity index (χ0n) is 13.6. The number of nitrogens with zero attached hydrogens (tertiary/aromatic N) is 2. The fourth-order valence-electron chi connectivity index (χ4n) is 3.13. The van der Waals surface area contributed by atoms with Gasteiger partial charge in [0, 0.05) is 29.4 Å². The minimum atomic E-state index is 0.769. The van der Waals surface area contributed by atoms with Gasteiger partial charge in [0.2, 0.25) is 0 Å². The Morgan fingerprint density at radius 3 is 2.75 bits per heavy atom. The fraction of sp³-hybridized carbons (Fsp3) is 0.316. The Labute approximate surface area is 151 Å². The summed E-state index contributed by atoms with van der Waals surface area (Å²) in [6, 6.07) is 10.8. The highest BCUT2D eigenvalue weighted by Crippen LogP contribution is 2.30. The van der Waals surface area contributed by atoms with Crippen LogP contribution >= 0.6 is 22.7 Å². The molecule has 1 aliphatic heterocycles. The summed E-state index contributed by atoms with van der Waals surface area (Å²) in [6.45, 7) is 3.10. The predicted molar refractivity (Wildman–Crippen MR) is 105 cm³/mol. The summed E-state index contributed by atoms with van der Waals surface area (Å²) in [5.74, 6) is 0. The van der Waals surface area contributed by atoms with E-state index in [1.807, 2.05) is 0 Å². The van der Waals surface area contributed by atoms with Crippen molar-refractivity contribution in [2.45, 2.75) is 25.8 Å². The lowest BCUT2D eigenvalue weighted by atomic mass is 10.1. The number of rotatable bonds is 5. The second-order valence-corrected chi connectivity index (χ2v) is 7.71. The number of anilines is 2. The summed E-state index contributed by atoms with van der Waals surface area (Å²) in [6.07, 6.45) is 3.95. The molecule has 24 heavy (non-hydrogen) atoms. The lowest BCUT2D eigenvalue weighted by Crippen LogP contribution is -2.30. The van der Waals surface area contributed by atoms with Gasteiger partial charge in [0.05, 0.1) is 23.6 Å². The fourth-order valence-corrected chi connectivity index (χ4v) is 4.66. The number of thiazole rings is 1. The largest absolute Gasteiger partial charge is 0.378 e. The SMILES string of the molecule is c1ccc(N2CCCCC2)c(NCc2csc(-c3ccsc3)n2)c1. The molecule has 3 heterocycles. The van der Waals surface area contributed by atoms with Gasteiger partial charge in [-0.25, -0.2) is 4.98 Å². The van der Waals surface area contributed by atoms with Crippen LogP contribution in [0.4, 0.5) is 11.4 Å². The summed E-state index contributed by atoms with van der Waals surface area (Å²) >= 11 is 3.44. The third-order valence-corrected chi connectivity index (χ3v) is 6.00. The molecule has 0 radical (unpaired) electrons. The smallest absolute Gasteiger partial charge is 0.124 e. The molecular formula is C19H21N3S2. The van der Waals surface area contributed by atoms with Gasteiger partial charge in [0.25, 0.3) is 0 Å². The Morgan fingerprint density at radius 1 is 1.04 bits per heavy atom. The topological polar surface area (TPSA) is 28.2 Å². The van der Waals surface area contributed by atoms with E-state index in [9.17, 15) is 0 Å². The quantitative estimate of drug-likeness (QED) is 0.657. The van der Waals surface area contributed by atoms with E-state index in [1.54, 1.807) is 22.7 Å². The van der Waals surface area contributed by atoms with E-state index in [0.29, 0.717) is 0 Å². The van der Waals surface area contributed by atoms with Crippen molar-refractivity contribution in [1.82, 2.24) is 4.98 Å². The molecule has 1 saturated heterocycles. The van der Waals surface area contributed by atoms with E-state index in [2.05, 4.69) is 56.7 Å². The molecule has 1 aromatic carbocycles. The lowest BCUT2D eigenvalue weighted by molar-refractivity contribution is 0.578. The first-order chi connectivity index (χ1) is 11.9. The first-order valence-corrected chi connectivity index (χ1v) is 10.3. The number of para-hydroxylation sites is 2. The summed E-state index contributed by atoms with van der Waals surface area (Å²) in [4.78, 5) is 7.26.